The number of anilines is 1. The summed E-state index contributed by atoms with van der Waals surface area (Å²) in [6, 6.07) is 11.2. The van der Waals surface area contributed by atoms with Crippen molar-refractivity contribution < 1.29 is 22.7 Å². The van der Waals surface area contributed by atoms with Crippen LogP contribution in [0.1, 0.15) is 39.6 Å². The lowest BCUT2D eigenvalue weighted by Gasteiger charge is -2.12. The summed E-state index contributed by atoms with van der Waals surface area (Å²) in [5.74, 6) is -1.01. The zero-order valence-corrected chi connectivity index (χ0v) is 17.4. The van der Waals surface area contributed by atoms with Crippen molar-refractivity contribution >= 4 is 43.3 Å². The first-order valence-electron chi connectivity index (χ1n) is 8.24. The molecule has 27 heavy (non-hydrogen) atoms. The molecule has 0 radical (unpaired) electrons. The predicted molar refractivity (Wildman–Crippen MR) is 108 cm³/mol. The van der Waals surface area contributed by atoms with E-state index in [-0.39, 0.29) is 11.3 Å². The average Bonchev–Trinajstić information content (AvgIpc) is 2.60. The molecule has 0 atom stereocenters. The third kappa shape index (κ3) is 6.48. The highest BCUT2D eigenvalue weighted by atomic mass is 79.9. The van der Waals surface area contributed by atoms with Gasteiger partial charge < -0.3 is 10.1 Å². The SMILES string of the molecule is CCCOC(=O)c1cc(Br)ccc1NC(=O)c1ccc(CS(C)(=O)=O)cc1. The highest BCUT2D eigenvalue weighted by molar-refractivity contribution is 9.10. The lowest BCUT2D eigenvalue weighted by molar-refractivity contribution is 0.0506. The van der Waals surface area contributed by atoms with Gasteiger partial charge in [0.1, 0.15) is 0 Å². The topological polar surface area (TPSA) is 89.5 Å². The summed E-state index contributed by atoms with van der Waals surface area (Å²) < 4.78 is 28.5. The van der Waals surface area contributed by atoms with Crippen LogP contribution < -0.4 is 5.32 Å². The first-order chi connectivity index (χ1) is 12.7. The van der Waals surface area contributed by atoms with Gasteiger partial charge in [-0.1, -0.05) is 35.0 Å². The van der Waals surface area contributed by atoms with Crippen molar-refractivity contribution in [3.63, 3.8) is 0 Å². The second-order valence-electron chi connectivity index (χ2n) is 6.05. The number of hydrogen-bond acceptors (Lipinski definition) is 5. The summed E-state index contributed by atoms with van der Waals surface area (Å²) in [5, 5.41) is 2.70. The normalized spacial score (nSPS) is 11.1. The number of benzene rings is 2. The maximum Gasteiger partial charge on any atom is 0.340 e. The molecule has 0 saturated carbocycles. The largest absolute Gasteiger partial charge is 0.462 e. The van der Waals surface area contributed by atoms with Crippen LogP contribution in [-0.2, 0) is 20.3 Å². The van der Waals surface area contributed by atoms with E-state index in [9.17, 15) is 18.0 Å². The molecule has 1 amide bonds. The molecule has 2 aromatic rings. The molecule has 6 nitrogen and oxygen atoms in total. The van der Waals surface area contributed by atoms with Crippen molar-refractivity contribution in [3.8, 4) is 0 Å². The number of nitrogens with one attached hydrogen (secondary N) is 1. The molecule has 0 heterocycles. The van der Waals surface area contributed by atoms with E-state index in [2.05, 4.69) is 21.2 Å². The number of amides is 1. The Labute approximate surface area is 167 Å². The monoisotopic (exact) mass is 453 g/mol. The minimum absolute atomic E-state index is 0.0883. The number of carbonyl (C=O) groups is 2. The average molecular weight is 454 g/mol. The molecule has 0 aliphatic heterocycles. The standard InChI is InChI=1S/C19H20BrNO5S/c1-3-10-26-19(23)16-11-15(20)8-9-17(16)21-18(22)14-6-4-13(5-7-14)12-27(2,24)25/h4-9,11H,3,10,12H2,1-2H3,(H,21,22). The Balaban J connectivity index is 2.19. The summed E-state index contributed by atoms with van der Waals surface area (Å²) in [5.41, 5.74) is 1.54. The van der Waals surface area contributed by atoms with Gasteiger partial charge in [-0.05, 0) is 42.3 Å². The smallest absolute Gasteiger partial charge is 0.340 e. The van der Waals surface area contributed by atoms with Gasteiger partial charge in [-0.15, -0.1) is 0 Å². The van der Waals surface area contributed by atoms with Gasteiger partial charge in [0.05, 0.1) is 23.6 Å². The lowest BCUT2D eigenvalue weighted by atomic mass is 10.1. The van der Waals surface area contributed by atoms with E-state index in [0.29, 0.717) is 34.3 Å². The first kappa shape index (κ1) is 21.1. The fourth-order valence-electron chi connectivity index (χ4n) is 2.32. The van der Waals surface area contributed by atoms with Crippen LogP contribution >= 0.6 is 15.9 Å². The van der Waals surface area contributed by atoms with Crippen LogP contribution in [0, 0.1) is 0 Å². The summed E-state index contributed by atoms with van der Waals surface area (Å²) in [6.07, 6.45) is 1.85. The van der Waals surface area contributed by atoms with E-state index in [1.807, 2.05) is 6.92 Å². The highest BCUT2D eigenvalue weighted by Crippen LogP contribution is 2.23. The van der Waals surface area contributed by atoms with Crippen molar-refractivity contribution in [3.05, 3.63) is 63.6 Å². The third-order valence-corrected chi connectivity index (χ3v) is 4.88. The number of esters is 1. The van der Waals surface area contributed by atoms with Gasteiger partial charge in [0.15, 0.2) is 9.84 Å². The Morgan fingerprint density at radius 2 is 1.78 bits per heavy atom. The summed E-state index contributed by atoms with van der Waals surface area (Å²) in [6.45, 7) is 2.19. The fraction of sp³-hybridized carbons (Fsp3) is 0.263. The van der Waals surface area contributed by atoms with Crippen LogP contribution in [0.4, 0.5) is 5.69 Å². The molecule has 8 heteroatoms. The third-order valence-electron chi connectivity index (χ3n) is 3.53. The van der Waals surface area contributed by atoms with Crippen molar-refractivity contribution in [2.75, 3.05) is 18.2 Å². The van der Waals surface area contributed by atoms with Gasteiger partial charge in [-0.25, -0.2) is 13.2 Å². The number of carbonyl (C=O) groups excluding carboxylic acids is 2. The first-order valence-corrected chi connectivity index (χ1v) is 11.1. The van der Waals surface area contributed by atoms with E-state index in [1.165, 1.54) is 0 Å². The Bertz CT molecular complexity index is 939. The molecule has 0 unspecified atom stereocenters. The van der Waals surface area contributed by atoms with E-state index in [4.69, 9.17) is 4.74 Å². The summed E-state index contributed by atoms with van der Waals surface area (Å²) >= 11 is 3.31. The Kier molecular flexibility index (Phi) is 7.15. The molecular formula is C19H20BrNO5S. The van der Waals surface area contributed by atoms with Gasteiger partial charge in [-0.2, -0.15) is 0 Å². The fourth-order valence-corrected chi connectivity index (χ4v) is 3.48. The van der Waals surface area contributed by atoms with Crippen LogP contribution in [0.2, 0.25) is 0 Å². The van der Waals surface area contributed by atoms with Gasteiger partial charge >= 0.3 is 5.97 Å². The van der Waals surface area contributed by atoms with Crippen LogP contribution in [0.25, 0.3) is 0 Å². The second-order valence-corrected chi connectivity index (χ2v) is 9.10. The van der Waals surface area contributed by atoms with E-state index < -0.39 is 21.7 Å². The van der Waals surface area contributed by atoms with Gasteiger partial charge in [0, 0.05) is 16.3 Å². The summed E-state index contributed by atoms with van der Waals surface area (Å²) in [7, 11) is -3.14. The number of ether oxygens (including phenoxy) is 1. The highest BCUT2D eigenvalue weighted by Gasteiger charge is 2.16. The zero-order chi connectivity index (χ0) is 20.0. The molecule has 0 aliphatic rings. The van der Waals surface area contributed by atoms with Crippen LogP contribution in [0.15, 0.2) is 46.9 Å². The summed E-state index contributed by atoms with van der Waals surface area (Å²) in [4.78, 5) is 24.7. The number of halogens is 1. The number of sulfone groups is 1. The molecule has 0 bridgehead atoms. The van der Waals surface area contributed by atoms with Crippen molar-refractivity contribution in [1.82, 2.24) is 0 Å². The Hall–Kier alpha value is -2.19. The quantitative estimate of drug-likeness (QED) is 0.643. The Morgan fingerprint density at radius 3 is 2.37 bits per heavy atom. The van der Waals surface area contributed by atoms with Crippen molar-refractivity contribution in [2.24, 2.45) is 0 Å². The minimum atomic E-state index is -3.14. The molecule has 0 aromatic heterocycles. The molecule has 1 N–H and O–H groups in total. The van der Waals surface area contributed by atoms with Crippen LogP contribution in [0.5, 0.6) is 0 Å². The van der Waals surface area contributed by atoms with E-state index in [1.54, 1.807) is 42.5 Å². The van der Waals surface area contributed by atoms with Crippen molar-refractivity contribution in [1.29, 1.82) is 0 Å². The molecule has 0 spiro atoms. The molecule has 144 valence electrons. The van der Waals surface area contributed by atoms with Crippen LogP contribution in [-0.4, -0.2) is 33.2 Å². The maximum absolute atomic E-state index is 12.5. The van der Waals surface area contributed by atoms with Crippen molar-refractivity contribution in [2.45, 2.75) is 19.1 Å². The number of hydrogen-bond donors (Lipinski definition) is 1. The lowest BCUT2D eigenvalue weighted by Crippen LogP contribution is -2.16. The minimum Gasteiger partial charge on any atom is -0.462 e. The zero-order valence-electron chi connectivity index (χ0n) is 15.0. The van der Waals surface area contributed by atoms with E-state index >= 15 is 0 Å². The molecule has 2 rings (SSSR count). The Morgan fingerprint density at radius 1 is 1.11 bits per heavy atom. The second kappa shape index (κ2) is 9.14. The van der Waals surface area contributed by atoms with Gasteiger partial charge in [0.2, 0.25) is 0 Å². The molecular weight excluding hydrogens is 434 g/mol. The van der Waals surface area contributed by atoms with Gasteiger partial charge in [-0.3, -0.25) is 4.79 Å². The van der Waals surface area contributed by atoms with E-state index in [0.717, 1.165) is 6.26 Å². The molecule has 2 aromatic carbocycles. The van der Waals surface area contributed by atoms with Crippen LogP contribution in [0.3, 0.4) is 0 Å². The number of rotatable bonds is 7. The maximum atomic E-state index is 12.5. The predicted octanol–water partition coefficient (Wildman–Crippen LogP) is 3.81. The molecule has 0 fully saturated rings. The molecule has 0 saturated heterocycles. The van der Waals surface area contributed by atoms with Gasteiger partial charge in [0.25, 0.3) is 5.91 Å². The molecule has 0 aliphatic carbocycles.